The Morgan fingerprint density at radius 2 is 1.83 bits per heavy atom. The van der Waals surface area contributed by atoms with Gasteiger partial charge in [-0.1, -0.05) is 0 Å². The van der Waals surface area contributed by atoms with Gasteiger partial charge in [0.25, 0.3) is 0 Å². The summed E-state index contributed by atoms with van der Waals surface area (Å²) in [6, 6.07) is 0. The zero-order chi connectivity index (χ0) is 9.52. The molecule has 0 bridgehead atoms. The van der Waals surface area contributed by atoms with Crippen LogP contribution in [0, 0.1) is 0 Å². The highest BCUT2D eigenvalue weighted by atomic mass is 16.6. The van der Waals surface area contributed by atoms with E-state index < -0.39 is 30.3 Å². The Morgan fingerprint density at radius 3 is 2.33 bits per heavy atom. The highest BCUT2D eigenvalue weighted by molar-refractivity contribution is 4.95. The molecule has 6 N–H and O–H groups in total. The molecule has 6 nitrogen and oxygen atoms in total. The molecule has 1 aliphatic heterocycles. The molecule has 1 heterocycles. The minimum Gasteiger partial charge on any atom is -0.386 e. The third-order valence-electron chi connectivity index (χ3n) is 2.08. The van der Waals surface area contributed by atoms with Crippen molar-refractivity contribution in [2.45, 2.75) is 37.3 Å². The summed E-state index contributed by atoms with van der Waals surface area (Å²) >= 11 is 0. The summed E-state index contributed by atoms with van der Waals surface area (Å²) in [6.45, 7) is 1.39. The average Bonchev–Trinajstić information content (AvgIpc) is 1.99. The monoisotopic (exact) mass is 179 g/mol. The van der Waals surface area contributed by atoms with Crippen LogP contribution in [-0.2, 0) is 4.74 Å². The van der Waals surface area contributed by atoms with E-state index in [1.165, 1.54) is 6.92 Å². The van der Waals surface area contributed by atoms with Gasteiger partial charge in [-0.25, -0.2) is 0 Å². The van der Waals surface area contributed by atoms with Gasteiger partial charge in [-0.15, -0.1) is 0 Å². The Morgan fingerprint density at radius 1 is 1.33 bits per heavy atom. The average molecular weight is 179 g/mol. The first-order chi connectivity index (χ1) is 5.37. The van der Waals surface area contributed by atoms with Crippen LogP contribution in [-0.4, -0.2) is 50.8 Å². The van der Waals surface area contributed by atoms with Gasteiger partial charge < -0.3 is 25.2 Å². The molecule has 12 heavy (non-hydrogen) atoms. The molecule has 0 aliphatic carbocycles. The first-order valence-corrected chi connectivity index (χ1v) is 3.58. The molecule has 0 radical (unpaired) electrons. The van der Waals surface area contributed by atoms with E-state index in [2.05, 4.69) is 4.74 Å². The molecule has 1 aliphatic rings. The lowest BCUT2D eigenvalue weighted by molar-refractivity contribution is -0.310. The number of aliphatic hydroxyl groups excluding tert-OH is 3. The van der Waals surface area contributed by atoms with E-state index in [9.17, 15) is 10.2 Å². The third-order valence-corrected chi connectivity index (χ3v) is 2.08. The van der Waals surface area contributed by atoms with E-state index in [-0.39, 0.29) is 0 Å². The van der Waals surface area contributed by atoms with Crippen LogP contribution in [0.1, 0.15) is 6.92 Å². The summed E-state index contributed by atoms with van der Waals surface area (Å²) in [6.07, 6.45) is -5.66. The first-order valence-electron chi connectivity index (χ1n) is 3.58. The van der Waals surface area contributed by atoms with E-state index in [1.54, 1.807) is 0 Å². The normalized spacial score (nSPS) is 55.5. The van der Waals surface area contributed by atoms with Crippen LogP contribution in [0.15, 0.2) is 0 Å². The quantitative estimate of drug-likeness (QED) is 0.255. The molecular weight excluding hydrogens is 166 g/mol. The Labute approximate surface area is 69.2 Å². The maximum atomic E-state index is 9.33. The lowest BCUT2D eigenvalue weighted by atomic mass is 9.94. The van der Waals surface area contributed by atoms with Gasteiger partial charge in [-0.05, 0) is 6.92 Å². The van der Waals surface area contributed by atoms with Crippen molar-refractivity contribution in [3.8, 4) is 0 Å². The lowest BCUT2D eigenvalue weighted by Gasteiger charge is -2.43. The molecule has 1 fully saturated rings. The molecule has 0 spiro atoms. The number of nitrogens with two attached hydrogens (primary N) is 1. The predicted molar refractivity (Wildman–Crippen MR) is 37.7 cm³/mol. The minimum atomic E-state index is -2.03. The fourth-order valence-electron chi connectivity index (χ4n) is 1.07. The van der Waals surface area contributed by atoms with Crippen LogP contribution in [0.25, 0.3) is 0 Å². The summed E-state index contributed by atoms with van der Waals surface area (Å²) in [5.74, 6) is 0. The topological polar surface area (TPSA) is 116 Å². The summed E-state index contributed by atoms with van der Waals surface area (Å²) in [5.41, 5.74) is 3.20. The molecule has 6 heteroatoms. The fraction of sp³-hybridized carbons (Fsp3) is 1.00. The molecule has 0 saturated carbocycles. The highest BCUT2D eigenvalue weighted by Gasteiger charge is 2.50. The Kier molecular flexibility index (Phi) is 2.39. The van der Waals surface area contributed by atoms with Crippen LogP contribution in [0.3, 0.4) is 0 Å². The van der Waals surface area contributed by atoms with Crippen LogP contribution in [0.2, 0.25) is 0 Å². The Bertz CT molecular complexity index is 173. The Balaban J connectivity index is 2.80. The Hall–Kier alpha value is -0.240. The van der Waals surface area contributed by atoms with Gasteiger partial charge in [-0.2, -0.15) is 0 Å². The number of aliphatic hydroxyl groups is 4. The van der Waals surface area contributed by atoms with Crippen molar-refractivity contribution < 1.29 is 25.2 Å². The van der Waals surface area contributed by atoms with Crippen LogP contribution in [0.4, 0.5) is 0 Å². The second kappa shape index (κ2) is 2.91. The zero-order valence-electron chi connectivity index (χ0n) is 6.58. The maximum Gasteiger partial charge on any atom is 0.184 e. The second-order valence-corrected chi connectivity index (χ2v) is 2.99. The summed E-state index contributed by atoms with van der Waals surface area (Å²) in [7, 11) is 0. The lowest BCUT2D eigenvalue weighted by Crippen LogP contribution is -2.69. The van der Waals surface area contributed by atoms with Gasteiger partial charge in [0.05, 0.1) is 0 Å². The van der Waals surface area contributed by atoms with E-state index in [0.717, 1.165) is 0 Å². The first kappa shape index (κ1) is 9.85. The minimum absolute atomic E-state index is 0.939. The van der Waals surface area contributed by atoms with E-state index in [0.29, 0.717) is 0 Å². The van der Waals surface area contributed by atoms with Gasteiger partial charge >= 0.3 is 0 Å². The van der Waals surface area contributed by atoms with Crippen molar-refractivity contribution in [3.05, 3.63) is 0 Å². The molecular formula is C6H13NO5. The SMILES string of the molecule is C[C@@H]1O[C@@H](O)[C@H](O)[C@H](O)[C@@]1(N)O. The zero-order valence-corrected chi connectivity index (χ0v) is 6.58. The number of ether oxygens (including phenoxy) is 1. The van der Waals surface area contributed by atoms with Gasteiger partial charge in [-0.3, -0.25) is 5.73 Å². The van der Waals surface area contributed by atoms with Crippen molar-refractivity contribution >= 4 is 0 Å². The van der Waals surface area contributed by atoms with Gasteiger partial charge in [0, 0.05) is 0 Å². The van der Waals surface area contributed by atoms with Gasteiger partial charge in [0.15, 0.2) is 12.0 Å². The highest BCUT2D eigenvalue weighted by Crippen LogP contribution is 2.24. The van der Waals surface area contributed by atoms with Gasteiger partial charge in [0.2, 0.25) is 0 Å². The second-order valence-electron chi connectivity index (χ2n) is 2.99. The van der Waals surface area contributed by atoms with Crippen LogP contribution in [0.5, 0.6) is 0 Å². The van der Waals surface area contributed by atoms with Crippen molar-refractivity contribution in [2.24, 2.45) is 5.73 Å². The molecule has 0 unspecified atom stereocenters. The van der Waals surface area contributed by atoms with Crippen molar-refractivity contribution in [2.75, 3.05) is 0 Å². The summed E-state index contributed by atoms with van der Waals surface area (Å²) in [5, 5.41) is 36.5. The fourth-order valence-corrected chi connectivity index (χ4v) is 1.07. The van der Waals surface area contributed by atoms with Crippen molar-refractivity contribution in [3.63, 3.8) is 0 Å². The van der Waals surface area contributed by atoms with E-state index in [4.69, 9.17) is 15.9 Å². The van der Waals surface area contributed by atoms with Crippen LogP contribution < -0.4 is 5.73 Å². The molecule has 1 saturated heterocycles. The van der Waals surface area contributed by atoms with E-state index >= 15 is 0 Å². The number of hydrogen-bond donors (Lipinski definition) is 5. The van der Waals surface area contributed by atoms with E-state index in [1.807, 2.05) is 0 Å². The molecule has 0 amide bonds. The standard InChI is InChI=1S/C6H13NO5/c1-2-6(7,11)4(9)3(8)5(10)12-2/h2-5,8-11H,7H2,1H3/t2-,3+,4-,5+,6-/m0/s1. The van der Waals surface area contributed by atoms with Crippen molar-refractivity contribution in [1.82, 2.24) is 0 Å². The summed E-state index contributed by atoms with van der Waals surface area (Å²) < 4.78 is 4.65. The van der Waals surface area contributed by atoms with Crippen molar-refractivity contribution in [1.29, 1.82) is 0 Å². The molecule has 0 aromatic carbocycles. The van der Waals surface area contributed by atoms with Crippen LogP contribution >= 0.6 is 0 Å². The molecule has 0 aromatic rings. The largest absolute Gasteiger partial charge is 0.386 e. The molecule has 72 valence electrons. The smallest absolute Gasteiger partial charge is 0.184 e. The predicted octanol–water partition coefficient (Wildman–Crippen LogP) is -2.91. The summed E-state index contributed by atoms with van der Waals surface area (Å²) in [4.78, 5) is 0. The maximum absolute atomic E-state index is 9.33. The third kappa shape index (κ3) is 1.33. The van der Waals surface area contributed by atoms with Gasteiger partial charge in [0.1, 0.15) is 18.3 Å². The molecule has 0 aromatic heterocycles. The molecule has 1 rings (SSSR count). The molecule has 5 atom stereocenters. The number of rotatable bonds is 0. The number of hydrogen-bond acceptors (Lipinski definition) is 6.